The number of ether oxygens (including phenoxy) is 2. The monoisotopic (exact) mass is 675 g/mol. The van der Waals surface area contributed by atoms with Crippen LogP contribution in [0.3, 0.4) is 0 Å². The van der Waals surface area contributed by atoms with Gasteiger partial charge in [-0.15, -0.1) is 0 Å². The number of aromatic nitrogens is 5. The zero-order valence-corrected chi connectivity index (χ0v) is 29.6. The highest BCUT2D eigenvalue weighted by Gasteiger charge is 2.36. The van der Waals surface area contributed by atoms with Crippen molar-refractivity contribution in [3.8, 4) is 33.8 Å². The van der Waals surface area contributed by atoms with E-state index in [-0.39, 0.29) is 24.3 Å². The second-order valence-corrected chi connectivity index (χ2v) is 15.2. The van der Waals surface area contributed by atoms with Crippen LogP contribution in [0.4, 0.5) is 9.59 Å². The second kappa shape index (κ2) is 12.9. The Labute approximate surface area is 292 Å². The van der Waals surface area contributed by atoms with Crippen molar-refractivity contribution in [1.29, 1.82) is 0 Å². The van der Waals surface area contributed by atoms with Crippen molar-refractivity contribution in [2.75, 3.05) is 13.1 Å². The van der Waals surface area contributed by atoms with Crippen molar-refractivity contribution in [1.82, 2.24) is 34.7 Å². The maximum Gasteiger partial charge on any atom is 0.410 e. The highest BCUT2D eigenvalue weighted by molar-refractivity contribution is 5.86. The topological polar surface area (TPSA) is 129 Å². The Kier molecular flexibility index (Phi) is 8.61. The van der Waals surface area contributed by atoms with Gasteiger partial charge in [-0.05, 0) is 91.0 Å². The molecule has 2 atom stereocenters. The van der Waals surface area contributed by atoms with Gasteiger partial charge in [0.25, 0.3) is 0 Å². The average Bonchev–Trinajstić information content (AvgIpc) is 3.88. The zero-order chi connectivity index (χ0) is 35.2. The van der Waals surface area contributed by atoms with Gasteiger partial charge in [-0.3, -0.25) is 9.80 Å². The molecular weight excluding hydrogens is 630 g/mol. The smallest absolute Gasteiger partial charge is 0.410 e. The molecule has 11 heteroatoms. The van der Waals surface area contributed by atoms with Crippen LogP contribution in [-0.4, -0.2) is 71.2 Å². The molecule has 11 nitrogen and oxygen atoms in total. The van der Waals surface area contributed by atoms with Crippen LogP contribution in [-0.2, 0) is 9.47 Å². The Hall–Kier alpha value is -5.19. The molecule has 0 spiro atoms. The molecule has 0 saturated carbocycles. The molecule has 7 rings (SSSR count). The third-order valence-corrected chi connectivity index (χ3v) is 9.08. The van der Waals surface area contributed by atoms with E-state index in [1.54, 1.807) is 9.80 Å². The van der Waals surface area contributed by atoms with Crippen molar-refractivity contribution in [3.63, 3.8) is 0 Å². The van der Waals surface area contributed by atoms with E-state index >= 15 is 0 Å². The molecule has 5 aromatic rings. The Balaban J connectivity index is 1.04. The Morgan fingerprint density at radius 3 is 1.72 bits per heavy atom. The van der Waals surface area contributed by atoms with Crippen LogP contribution < -0.4 is 0 Å². The standard InChI is InChI=1S/C39H45N7O4/c1-38(2,3)49-36(47)45-19-7-9-32(45)34-40-22-30(43-34)25-13-11-24(12-14-25)28-17-15-26-21-27(16-18-29(26)42-28)31-23-41-35(44-31)33-10-8-20-46(33)37(48)50-39(4,5)6/h11-18,21-23,32-33H,7-10,19-20H2,1-6H3,(H,40,43)(H,41,44)/t32-,33-/m0/s1. The summed E-state index contributed by atoms with van der Waals surface area (Å²) in [7, 11) is 0. The van der Waals surface area contributed by atoms with Crippen molar-refractivity contribution in [2.45, 2.75) is 90.5 Å². The number of fused-ring (bicyclic) bond motifs is 1. The number of nitrogens with one attached hydrogen (secondary N) is 2. The lowest BCUT2D eigenvalue weighted by molar-refractivity contribution is 0.0208. The van der Waals surface area contributed by atoms with Gasteiger partial charge in [0.1, 0.15) is 22.9 Å². The lowest BCUT2D eigenvalue weighted by Crippen LogP contribution is -2.36. The lowest BCUT2D eigenvalue weighted by Gasteiger charge is -2.27. The molecule has 0 radical (unpaired) electrons. The summed E-state index contributed by atoms with van der Waals surface area (Å²) >= 11 is 0. The summed E-state index contributed by atoms with van der Waals surface area (Å²) in [6, 6.07) is 18.3. The van der Waals surface area contributed by atoms with Crippen molar-refractivity contribution >= 4 is 23.1 Å². The minimum absolute atomic E-state index is 0.127. The number of imidazole rings is 2. The first kappa shape index (κ1) is 33.3. The summed E-state index contributed by atoms with van der Waals surface area (Å²) in [6.45, 7) is 12.6. The Morgan fingerprint density at radius 1 is 0.680 bits per heavy atom. The molecule has 2 fully saturated rings. The summed E-state index contributed by atoms with van der Waals surface area (Å²) in [5, 5.41) is 1.02. The SMILES string of the molecule is CC(C)(C)OC(=O)N1CCC[C@H]1c1ncc(-c2ccc(-c3ccc4cc(-c5cnc([C@@H]6CCCN6C(=O)OC(C)(C)C)[nH]5)ccc4n3)cc2)[nH]1. The first-order valence-electron chi connectivity index (χ1n) is 17.4. The van der Waals surface area contributed by atoms with Crippen molar-refractivity contribution in [3.05, 3.63) is 78.6 Å². The molecule has 0 aliphatic carbocycles. The number of amides is 2. The van der Waals surface area contributed by atoms with E-state index in [0.717, 1.165) is 82.0 Å². The molecule has 2 aliphatic rings. The van der Waals surface area contributed by atoms with E-state index in [0.29, 0.717) is 13.1 Å². The van der Waals surface area contributed by atoms with Gasteiger partial charge in [0.2, 0.25) is 0 Å². The van der Waals surface area contributed by atoms with Crippen LogP contribution >= 0.6 is 0 Å². The number of pyridine rings is 1. The number of benzene rings is 2. The molecule has 2 amide bonds. The fraction of sp³-hybridized carbons (Fsp3) is 0.410. The zero-order valence-electron chi connectivity index (χ0n) is 29.6. The summed E-state index contributed by atoms with van der Waals surface area (Å²) in [5.41, 5.74) is 5.50. The molecule has 2 saturated heterocycles. The third-order valence-electron chi connectivity index (χ3n) is 9.08. The highest BCUT2D eigenvalue weighted by Crippen LogP contribution is 2.35. The molecule has 260 valence electrons. The largest absolute Gasteiger partial charge is 0.444 e. The maximum absolute atomic E-state index is 12.8. The summed E-state index contributed by atoms with van der Waals surface area (Å²) in [5.74, 6) is 1.55. The van der Waals surface area contributed by atoms with E-state index in [1.165, 1.54) is 0 Å². The normalized spacial score (nSPS) is 18.2. The number of hydrogen-bond donors (Lipinski definition) is 2. The summed E-state index contributed by atoms with van der Waals surface area (Å²) in [4.78, 5) is 50.4. The summed E-state index contributed by atoms with van der Waals surface area (Å²) < 4.78 is 11.3. The van der Waals surface area contributed by atoms with E-state index in [2.05, 4.69) is 56.3 Å². The number of rotatable bonds is 5. The van der Waals surface area contributed by atoms with E-state index < -0.39 is 11.2 Å². The second-order valence-electron chi connectivity index (χ2n) is 15.2. The van der Waals surface area contributed by atoms with Gasteiger partial charge in [0.05, 0.1) is 47.1 Å². The number of carbonyl (C=O) groups is 2. The van der Waals surface area contributed by atoms with Crippen LogP contribution in [0, 0.1) is 0 Å². The van der Waals surface area contributed by atoms with E-state index in [4.69, 9.17) is 14.5 Å². The predicted octanol–water partition coefficient (Wildman–Crippen LogP) is 8.83. The predicted molar refractivity (Wildman–Crippen MR) is 192 cm³/mol. The Morgan fingerprint density at radius 2 is 1.18 bits per heavy atom. The summed E-state index contributed by atoms with van der Waals surface area (Å²) in [6.07, 6.45) is 6.57. The van der Waals surface area contributed by atoms with Gasteiger partial charge in [0, 0.05) is 29.6 Å². The number of H-pyrrole nitrogens is 2. The molecule has 2 N–H and O–H groups in total. The minimum atomic E-state index is -0.545. The van der Waals surface area contributed by atoms with Gasteiger partial charge in [-0.1, -0.05) is 36.4 Å². The lowest BCUT2D eigenvalue weighted by atomic mass is 10.0. The molecule has 5 heterocycles. The van der Waals surface area contributed by atoms with Crippen molar-refractivity contribution < 1.29 is 19.1 Å². The molecule has 2 aromatic carbocycles. The molecule has 0 unspecified atom stereocenters. The van der Waals surface area contributed by atoms with Gasteiger partial charge in [-0.2, -0.15) is 0 Å². The first-order valence-corrected chi connectivity index (χ1v) is 17.4. The van der Waals surface area contributed by atoms with Crippen LogP contribution in [0.2, 0.25) is 0 Å². The van der Waals surface area contributed by atoms with E-state index in [1.807, 2.05) is 72.1 Å². The van der Waals surface area contributed by atoms with Crippen LogP contribution in [0.15, 0.2) is 67.0 Å². The van der Waals surface area contributed by atoms with Crippen LogP contribution in [0.5, 0.6) is 0 Å². The quantitative estimate of drug-likeness (QED) is 0.190. The Bertz CT molecular complexity index is 2020. The van der Waals surface area contributed by atoms with Crippen molar-refractivity contribution in [2.24, 2.45) is 0 Å². The maximum atomic E-state index is 12.8. The molecule has 50 heavy (non-hydrogen) atoms. The highest BCUT2D eigenvalue weighted by atomic mass is 16.6. The van der Waals surface area contributed by atoms with Crippen LogP contribution in [0.1, 0.15) is 91.0 Å². The van der Waals surface area contributed by atoms with E-state index in [9.17, 15) is 9.59 Å². The number of aromatic amines is 2. The van der Waals surface area contributed by atoms with Gasteiger partial charge in [0.15, 0.2) is 0 Å². The number of likely N-dealkylation sites (tertiary alicyclic amines) is 2. The first-order chi connectivity index (χ1) is 23.8. The van der Waals surface area contributed by atoms with Gasteiger partial charge < -0.3 is 19.4 Å². The fourth-order valence-corrected chi connectivity index (χ4v) is 6.76. The third kappa shape index (κ3) is 7.08. The van der Waals surface area contributed by atoms with Crippen LogP contribution in [0.25, 0.3) is 44.7 Å². The molecule has 2 aliphatic heterocycles. The molecule has 3 aromatic heterocycles. The number of carbonyl (C=O) groups excluding carboxylic acids is 2. The van der Waals surface area contributed by atoms with Gasteiger partial charge in [-0.25, -0.2) is 24.5 Å². The molecular formula is C39H45N7O4. The molecule has 0 bridgehead atoms. The minimum Gasteiger partial charge on any atom is -0.444 e. The average molecular weight is 676 g/mol. The van der Waals surface area contributed by atoms with Gasteiger partial charge >= 0.3 is 12.2 Å². The number of nitrogens with zero attached hydrogens (tertiary/aromatic N) is 5. The fourth-order valence-electron chi connectivity index (χ4n) is 6.76. The number of hydrogen-bond acceptors (Lipinski definition) is 7.